The van der Waals surface area contributed by atoms with Crippen LogP contribution in [0.4, 0.5) is 5.69 Å². The molecule has 26 heavy (non-hydrogen) atoms. The van der Waals surface area contributed by atoms with Crippen molar-refractivity contribution in [3.05, 3.63) is 71.3 Å². The average Bonchev–Trinajstić information content (AvgIpc) is 2.67. The largest absolute Gasteiger partial charge is 0.497 e. The van der Waals surface area contributed by atoms with E-state index in [2.05, 4.69) is 15.0 Å². The summed E-state index contributed by atoms with van der Waals surface area (Å²) in [5.74, 6) is 1.23. The van der Waals surface area contributed by atoms with E-state index < -0.39 is 0 Å². The van der Waals surface area contributed by atoms with Gasteiger partial charge in [0.1, 0.15) is 11.3 Å². The third kappa shape index (κ3) is 2.75. The zero-order valence-corrected chi connectivity index (χ0v) is 14.0. The van der Waals surface area contributed by atoms with E-state index in [0.717, 1.165) is 11.3 Å². The fourth-order valence-corrected chi connectivity index (χ4v) is 2.70. The van der Waals surface area contributed by atoms with Crippen molar-refractivity contribution in [2.45, 2.75) is 0 Å². The monoisotopic (exact) mass is 345 g/mol. The molecule has 2 aromatic carbocycles. The predicted octanol–water partition coefficient (Wildman–Crippen LogP) is 2.43. The van der Waals surface area contributed by atoms with Gasteiger partial charge < -0.3 is 10.5 Å². The fraction of sp³-hybridized carbons (Fsp3) is 0.0526. The number of benzene rings is 2. The summed E-state index contributed by atoms with van der Waals surface area (Å²) in [5.41, 5.74) is 8.51. The number of nitrogen functional groups attached to an aromatic ring is 1. The van der Waals surface area contributed by atoms with Crippen molar-refractivity contribution in [2.24, 2.45) is 0 Å². The van der Waals surface area contributed by atoms with Crippen LogP contribution >= 0.6 is 0 Å². The summed E-state index contributed by atoms with van der Waals surface area (Å²) in [6.45, 7) is 0. The number of anilines is 1. The minimum Gasteiger partial charge on any atom is -0.497 e. The number of hydrogen-bond acceptors (Lipinski definition) is 6. The van der Waals surface area contributed by atoms with Gasteiger partial charge in [0.25, 0.3) is 5.56 Å². The molecule has 0 aliphatic carbocycles. The van der Waals surface area contributed by atoms with Gasteiger partial charge in [0.05, 0.1) is 25.2 Å². The van der Waals surface area contributed by atoms with E-state index in [4.69, 9.17) is 10.5 Å². The summed E-state index contributed by atoms with van der Waals surface area (Å²) < 4.78 is 6.65. The Bertz CT molecular complexity index is 1150. The van der Waals surface area contributed by atoms with Gasteiger partial charge >= 0.3 is 0 Å². The molecule has 0 saturated heterocycles. The Kier molecular flexibility index (Phi) is 3.81. The lowest BCUT2D eigenvalue weighted by molar-refractivity contribution is 0.415. The molecule has 0 atom stereocenters. The summed E-state index contributed by atoms with van der Waals surface area (Å²) in [6, 6.07) is 14.4. The van der Waals surface area contributed by atoms with Crippen molar-refractivity contribution in [3.8, 4) is 22.8 Å². The molecule has 128 valence electrons. The van der Waals surface area contributed by atoms with E-state index in [-0.39, 0.29) is 5.56 Å². The lowest BCUT2D eigenvalue weighted by Crippen LogP contribution is -2.20. The van der Waals surface area contributed by atoms with Crippen molar-refractivity contribution in [3.63, 3.8) is 0 Å². The first-order valence-electron chi connectivity index (χ1n) is 7.91. The predicted molar refractivity (Wildman–Crippen MR) is 99.3 cm³/mol. The number of nitrogens with two attached hydrogens (primary N) is 1. The van der Waals surface area contributed by atoms with Gasteiger partial charge in [-0.25, -0.2) is 15.0 Å². The molecule has 0 saturated carbocycles. The highest BCUT2D eigenvalue weighted by Crippen LogP contribution is 2.21. The van der Waals surface area contributed by atoms with Gasteiger partial charge in [-0.05, 0) is 42.5 Å². The second-order valence-electron chi connectivity index (χ2n) is 5.66. The Morgan fingerprint density at radius 3 is 2.58 bits per heavy atom. The van der Waals surface area contributed by atoms with E-state index in [0.29, 0.717) is 28.4 Å². The molecular formula is C19H15N5O2. The molecule has 0 spiro atoms. The van der Waals surface area contributed by atoms with Crippen LogP contribution in [0.15, 0.2) is 65.7 Å². The molecule has 0 fully saturated rings. The second-order valence-corrected chi connectivity index (χ2v) is 5.66. The van der Waals surface area contributed by atoms with Gasteiger partial charge in [-0.3, -0.25) is 9.36 Å². The summed E-state index contributed by atoms with van der Waals surface area (Å²) >= 11 is 0. The maximum absolute atomic E-state index is 12.5. The minimum atomic E-state index is -0.289. The number of methoxy groups -OCH3 is 1. The molecule has 2 N–H and O–H groups in total. The molecule has 2 heterocycles. The molecule has 0 aliphatic heterocycles. The van der Waals surface area contributed by atoms with Gasteiger partial charge in [0.2, 0.25) is 0 Å². The number of fused-ring (bicyclic) bond motifs is 1. The Morgan fingerprint density at radius 1 is 1.04 bits per heavy atom. The van der Waals surface area contributed by atoms with Crippen LogP contribution in [0, 0.1) is 0 Å². The highest BCUT2D eigenvalue weighted by Gasteiger charge is 2.11. The van der Waals surface area contributed by atoms with Crippen molar-refractivity contribution in [1.82, 2.24) is 19.5 Å². The zero-order chi connectivity index (χ0) is 18.1. The van der Waals surface area contributed by atoms with E-state index >= 15 is 0 Å². The standard InChI is InChI=1S/C19H15N5O2/c1-26-15-7-5-12(6-8-15)18-22-10-16-19(23-18)24(17(25)11-21-16)14-4-2-3-13(20)9-14/h2-11H,20H2,1H3. The normalized spacial score (nSPS) is 10.8. The van der Waals surface area contributed by atoms with Crippen LogP contribution < -0.4 is 16.0 Å². The molecule has 2 aromatic heterocycles. The van der Waals surface area contributed by atoms with E-state index in [1.165, 1.54) is 10.8 Å². The number of nitrogens with zero attached hydrogens (tertiary/aromatic N) is 4. The van der Waals surface area contributed by atoms with Crippen LogP contribution in [0.3, 0.4) is 0 Å². The van der Waals surface area contributed by atoms with Crippen LogP contribution in [0.5, 0.6) is 5.75 Å². The van der Waals surface area contributed by atoms with E-state index in [1.807, 2.05) is 24.3 Å². The first-order valence-corrected chi connectivity index (χ1v) is 7.91. The molecule has 7 heteroatoms. The second kappa shape index (κ2) is 6.29. The van der Waals surface area contributed by atoms with Gasteiger partial charge in [0.15, 0.2) is 11.5 Å². The van der Waals surface area contributed by atoms with Crippen molar-refractivity contribution in [1.29, 1.82) is 0 Å². The Morgan fingerprint density at radius 2 is 1.85 bits per heavy atom. The maximum Gasteiger partial charge on any atom is 0.275 e. The molecule has 0 radical (unpaired) electrons. The van der Waals surface area contributed by atoms with Crippen molar-refractivity contribution in [2.75, 3.05) is 12.8 Å². The van der Waals surface area contributed by atoms with Gasteiger partial charge in [-0.1, -0.05) is 6.07 Å². The number of aromatic nitrogens is 4. The van der Waals surface area contributed by atoms with Crippen LogP contribution in [-0.2, 0) is 0 Å². The van der Waals surface area contributed by atoms with Crippen molar-refractivity contribution < 1.29 is 4.74 Å². The molecule has 4 aromatic rings. The van der Waals surface area contributed by atoms with E-state index in [1.54, 1.807) is 37.6 Å². The lowest BCUT2D eigenvalue weighted by atomic mass is 10.2. The molecule has 0 unspecified atom stereocenters. The molecule has 0 amide bonds. The van der Waals surface area contributed by atoms with Crippen LogP contribution in [0.1, 0.15) is 0 Å². The lowest BCUT2D eigenvalue weighted by Gasteiger charge is -2.10. The van der Waals surface area contributed by atoms with Crippen LogP contribution in [0.25, 0.3) is 28.2 Å². The maximum atomic E-state index is 12.5. The van der Waals surface area contributed by atoms with E-state index in [9.17, 15) is 4.79 Å². The summed E-state index contributed by atoms with van der Waals surface area (Å²) in [5, 5.41) is 0. The highest BCUT2D eigenvalue weighted by molar-refractivity contribution is 5.74. The topological polar surface area (TPSA) is 95.9 Å². The summed E-state index contributed by atoms with van der Waals surface area (Å²) in [4.78, 5) is 25.5. The minimum absolute atomic E-state index is 0.289. The summed E-state index contributed by atoms with van der Waals surface area (Å²) in [6.07, 6.45) is 2.85. The van der Waals surface area contributed by atoms with Gasteiger partial charge in [-0.15, -0.1) is 0 Å². The number of hydrogen-bond donors (Lipinski definition) is 1. The third-order valence-electron chi connectivity index (χ3n) is 3.97. The SMILES string of the molecule is COc1ccc(-c2ncc3ncc(=O)n(-c4cccc(N)c4)c3n2)cc1. The highest BCUT2D eigenvalue weighted by atomic mass is 16.5. The van der Waals surface area contributed by atoms with Crippen molar-refractivity contribution >= 4 is 16.9 Å². The first-order chi connectivity index (χ1) is 12.7. The van der Waals surface area contributed by atoms with Gasteiger partial charge in [0, 0.05) is 11.3 Å². The van der Waals surface area contributed by atoms with Crippen LogP contribution in [0.2, 0.25) is 0 Å². The zero-order valence-electron chi connectivity index (χ0n) is 14.0. The fourth-order valence-electron chi connectivity index (χ4n) is 2.70. The molecule has 0 aliphatic rings. The number of rotatable bonds is 3. The van der Waals surface area contributed by atoms with Gasteiger partial charge in [-0.2, -0.15) is 0 Å². The Labute approximate surface area is 148 Å². The quantitative estimate of drug-likeness (QED) is 0.573. The summed E-state index contributed by atoms with van der Waals surface area (Å²) in [7, 11) is 1.61. The Balaban J connectivity index is 1.94. The molecular weight excluding hydrogens is 330 g/mol. The first kappa shape index (κ1) is 15.8. The smallest absolute Gasteiger partial charge is 0.275 e. The molecule has 0 bridgehead atoms. The Hall–Kier alpha value is -3.74. The average molecular weight is 345 g/mol. The van der Waals surface area contributed by atoms with Crippen LogP contribution in [-0.4, -0.2) is 26.6 Å². The number of ether oxygens (including phenoxy) is 1. The third-order valence-corrected chi connectivity index (χ3v) is 3.97. The molecule has 7 nitrogen and oxygen atoms in total. The molecule has 4 rings (SSSR count).